The van der Waals surface area contributed by atoms with Gasteiger partial charge in [-0.3, -0.25) is 4.79 Å². The minimum Gasteiger partial charge on any atom is -0.481 e. The number of carboxylic acids is 1. The van der Waals surface area contributed by atoms with Crippen LogP contribution in [0.2, 0.25) is 0 Å². The summed E-state index contributed by atoms with van der Waals surface area (Å²) in [6, 6.07) is 2.21. The van der Waals surface area contributed by atoms with Crippen LogP contribution in [0.3, 0.4) is 0 Å². The van der Waals surface area contributed by atoms with Crippen molar-refractivity contribution >= 4 is 17.3 Å². The molecule has 2 N–H and O–H groups in total. The zero-order valence-corrected chi connectivity index (χ0v) is 10.5. The minimum absolute atomic E-state index is 0.203. The quantitative estimate of drug-likeness (QED) is 0.846. The molecule has 2 aliphatic rings. The number of hydrogen-bond donors (Lipinski definition) is 2. The van der Waals surface area contributed by atoms with Crippen molar-refractivity contribution < 1.29 is 9.90 Å². The Bertz CT molecular complexity index is 429. The Morgan fingerprint density at radius 2 is 2.35 bits per heavy atom. The van der Waals surface area contributed by atoms with E-state index >= 15 is 0 Å². The van der Waals surface area contributed by atoms with Gasteiger partial charge in [-0.2, -0.15) is 0 Å². The molecular weight excluding hydrogens is 234 g/mol. The maximum Gasteiger partial charge on any atom is 0.308 e. The van der Waals surface area contributed by atoms with Crippen molar-refractivity contribution in [2.45, 2.75) is 25.2 Å². The van der Waals surface area contributed by atoms with Crippen LogP contribution in [0.5, 0.6) is 0 Å². The van der Waals surface area contributed by atoms with Crippen LogP contribution in [0.25, 0.3) is 0 Å². The fourth-order valence-electron chi connectivity index (χ4n) is 3.36. The predicted molar refractivity (Wildman–Crippen MR) is 67.5 cm³/mol. The summed E-state index contributed by atoms with van der Waals surface area (Å²) in [7, 11) is 0. The third-order valence-corrected chi connectivity index (χ3v) is 5.19. The number of hydrogen-bond acceptors (Lipinski definition) is 3. The van der Waals surface area contributed by atoms with E-state index in [1.165, 1.54) is 23.3 Å². The fourth-order valence-corrected chi connectivity index (χ4v) is 4.36. The second-order valence-corrected chi connectivity index (χ2v) is 6.07. The van der Waals surface area contributed by atoms with E-state index in [4.69, 9.17) is 0 Å². The number of thiophene rings is 1. The van der Waals surface area contributed by atoms with Gasteiger partial charge in [0.25, 0.3) is 0 Å². The lowest BCUT2D eigenvalue weighted by Gasteiger charge is -2.29. The number of carbonyl (C=O) groups is 1. The highest BCUT2D eigenvalue weighted by Gasteiger charge is 2.40. The maximum absolute atomic E-state index is 11.3. The van der Waals surface area contributed by atoms with Crippen LogP contribution in [0.15, 0.2) is 11.4 Å². The molecule has 0 spiro atoms. The Morgan fingerprint density at radius 1 is 1.47 bits per heavy atom. The zero-order valence-electron chi connectivity index (χ0n) is 9.69. The third kappa shape index (κ3) is 1.89. The molecule has 1 fully saturated rings. The van der Waals surface area contributed by atoms with Gasteiger partial charge in [0.1, 0.15) is 0 Å². The first-order valence-corrected chi connectivity index (χ1v) is 7.15. The Balaban J connectivity index is 1.88. The van der Waals surface area contributed by atoms with Gasteiger partial charge in [-0.05, 0) is 54.7 Å². The second kappa shape index (κ2) is 4.42. The van der Waals surface area contributed by atoms with E-state index in [1.54, 1.807) is 0 Å². The van der Waals surface area contributed by atoms with Crippen molar-refractivity contribution in [3.63, 3.8) is 0 Å². The van der Waals surface area contributed by atoms with Gasteiger partial charge >= 0.3 is 5.97 Å². The van der Waals surface area contributed by atoms with E-state index in [2.05, 4.69) is 16.8 Å². The van der Waals surface area contributed by atoms with Gasteiger partial charge in [0, 0.05) is 11.4 Å². The highest BCUT2D eigenvalue weighted by atomic mass is 32.1. The molecule has 1 aromatic rings. The molecule has 92 valence electrons. The highest BCUT2D eigenvalue weighted by molar-refractivity contribution is 7.10. The Kier molecular flexibility index (Phi) is 2.92. The van der Waals surface area contributed by atoms with Gasteiger partial charge in [0.05, 0.1) is 5.92 Å². The maximum atomic E-state index is 11.3. The monoisotopic (exact) mass is 251 g/mol. The summed E-state index contributed by atoms with van der Waals surface area (Å²) < 4.78 is 0. The summed E-state index contributed by atoms with van der Waals surface area (Å²) in [5.74, 6) is -0.101. The van der Waals surface area contributed by atoms with E-state index in [1.807, 2.05) is 11.3 Å². The van der Waals surface area contributed by atoms with Crippen molar-refractivity contribution in [1.29, 1.82) is 0 Å². The molecule has 0 aromatic carbocycles. The molecule has 3 rings (SSSR count). The standard InChI is InChI=1S/C13H17NO2S/c15-13(16)11-7-14-6-10(11)8-2-1-3-12-9(8)4-5-17-12/h4-5,8,10-11,14H,1-3,6-7H2,(H,15,16). The molecular formula is C13H17NO2S. The van der Waals surface area contributed by atoms with E-state index < -0.39 is 5.97 Å². The Hall–Kier alpha value is -0.870. The molecule has 3 atom stereocenters. The zero-order chi connectivity index (χ0) is 11.8. The fraction of sp³-hybridized carbons (Fsp3) is 0.615. The first-order chi connectivity index (χ1) is 8.27. The molecule has 4 heteroatoms. The number of aryl methyl sites for hydroxylation is 1. The average molecular weight is 251 g/mol. The van der Waals surface area contributed by atoms with Crippen LogP contribution in [0, 0.1) is 11.8 Å². The van der Waals surface area contributed by atoms with Crippen LogP contribution >= 0.6 is 11.3 Å². The van der Waals surface area contributed by atoms with E-state index in [0.717, 1.165) is 13.0 Å². The third-order valence-electron chi connectivity index (χ3n) is 4.19. The molecule has 1 aromatic heterocycles. The Labute approximate surface area is 105 Å². The summed E-state index contributed by atoms with van der Waals surface area (Å²) in [6.07, 6.45) is 3.54. The van der Waals surface area contributed by atoms with Crippen LogP contribution in [0.4, 0.5) is 0 Å². The van der Waals surface area contributed by atoms with Crippen LogP contribution < -0.4 is 5.32 Å². The van der Waals surface area contributed by atoms with Crippen molar-refractivity contribution in [2.75, 3.05) is 13.1 Å². The van der Waals surface area contributed by atoms with E-state index in [-0.39, 0.29) is 11.8 Å². The minimum atomic E-state index is -0.637. The van der Waals surface area contributed by atoms with Crippen molar-refractivity contribution in [3.8, 4) is 0 Å². The second-order valence-electron chi connectivity index (χ2n) is 5.06. The number of fused-ring (bicyclic) bond motifs is 1. The van der Waals surface area contributed by atoms with Gasteiger partial charge in [-0.25, -0.2) is 0 Å². The van der Waals surface area contributed by atoms with Crippen molar-refractivity contribution in [1.82, 2.24) is 5.32 Å². The van der Waals surface area contributed by atoms with Crippen molar-refractivity contribution in [3.05, 3.63) is 21.9 Å². The molecule has 0 amide bonds. The molecule has 3 unspecified atom stereocenters. The lowest BCUT2D eigenvalue weighted by molar-refractivity contribution is -0.142. The van der Waals surface area contributed by atoms with Gasteiger partial charge < -0.3 is 10.4 Å². The molecule has 1 saturated heterocycles. The molecule has 2 heterocycles. The molecule has 0 saturated carbocycles. The summed E-state index contributed by atoms with van der Waals surface area (Å²) >= 11 is 1.83. The van der Waals surface area contributed by atoms with E-state index in [9.17, 15) is 9.90 Å². The number of aliphatic carboxylic acids is 1. The molecule has 1 aliphatic heterocycles. The van der Waals surface area contributed by atoms with Gasteiger partial charge in [-0.1, -0.05) is 0 Å². The summed E-state index contributed by atoms with van der Waals surface area (Å²) in [5.41, 5.74) is 1.43. The normalized spacial score (nSPS) is 32.4. The molecule has 1 aliphatic carbocycles. The summed E-state index contributed by atoms with van der Waals surface area (Å²) in [5, 5.41) is 14.7. The van der Waals surface area contributed by atoms with Crippen LogP contribution in [-0.4, -0.2) is 24.2 Å². The first kappa shape index (κ1) is 11.2. The first-order valence-electron chi connectivity index (χ1n) is 6.27. The molecule has 0 bridgehead atoms. The highest BCUT2D eigenvalue weighted by Crippen LogP contribution is 2.43. The van der Waals surface area contributed by atoms with Gasteiger partial charge in [0.2, 0.25) is 0 Å². The number of rotatable bonds is 2. The topological polar surface area (TPSA) is 49.3 Å². The SMILES string of the molecule is O=C(O)C1CNCC1C1CCCc2sccc21. The molecule has 0 radical (unpaired) electrons. The van der Waals surface area contributed by atoms with Crippen LogP contribution in [0.1, 0.15) is 29.2 Å². The lowest BCUT2D eigenvalue weighted by Crippen LogP contribution is -2.28. The largest absolute Gasteiger partial charge is 0.481 e. The smallest absolute Gasteiger partial charge is 0.308 e. The lowest BCUT2D eigenvalue weighted by atomic mass is 9.74. The van der Waals surface area contributed by atoms with Gasteiger partial charge in [0.15, 0.2) is 0 Å². The molecule has 17 heavy (non-hydrogen) atoms. The van der Waals surface area contributed by atoms with Gasteiger partial charge in [-0.15, -0.1) is 11.3 Å². The average Bonchev–Trinajstić information content (AvgIpc) is 2.97. The summed E-state index contributed by atoms with van der Waals surface area (Å²) in [6.45, 7) is 1.49. The number of nitrogens with one attached hydrogen (secondary N) is 1. The summed E-state index contributed by atoms with van der Waals surface area (Å²) in [4.78, 5) is 12.8. The van der Waals surface area contributed by atoms with Crippen LogP contribution in [-0.2, 0) is 11.2 Å². The number of carboxylic acid groups (broad SMARTS) is 1. The molecule has 3 nitrogen and oxygen atoms in total. The predicted octanol–water partition coefficient (Wildman–Crippen LogP) is 2.09. The van der Waals surface area contributed by atoms with E-state index in [0.29, 0.717) is 12.5 Å². The van der Waals surface area contributed by atoms with Crippen molar-refractivity contribution in [2.24, 2.45) is 11.8 Å². The Morgan fingerprint density at radius 3 is 3.18 bits per heavy atom.